The molecule has 2 aromatic rings. The molecule has 0 saturated heterocycles. The van der Waals surface area contributed by atoms with Crippen LogP contribution in [0.1, 0.15) is 40.5 Å². The van der Waals surface area contributed by atoms with Gasteiger partial charge in [0, 0.05) is 6.08 Å². The first-order valence-corrected chi connectivity index (χ1v) is 13.1. The summed E-state index contributed by atoms with van der Waals surface area (Å²) in [5.74, 6) is -0.383. The van der Waals surface area contributed by atoms with Gasteiger partial charge < -0.3 is 14.3 Å². The summed E-state index contributed by atoms with van der Waals surface area (Å²) in [6.45, 7) is 12.9. The van der Waals surface area contributed by atoms with E-state index in [0.29, 0.717) is 25.0 Å². The third-order valence-electron chi connectivity index (χ3n) is 6.09. The molecule has 0 aliphatic heterocycles. The van der Waals surface area contributed by atoms with Gasteiger partial charge >= 0.3 is 5.97 Å². The van der Waals surface area contributed by atoms with E-state index in [-0.39, 0.29) is 11.0 Å². The predicted octanol–water partition coefficient (Wildman–Crippen LogP) is 4.13. The lowest BCUT2D eigenvalue weighted by atomic mass is 9.86. The summed E-state index contributed by atoms with van der Waals surface area (Å²) >= 11 is 0. The Labute approximate surface area is 192 Å². The third kappa shape index (κ3) is 4.95. The van der Waals surface area contributed by atoms with Gasteiger partial charge in [0.25, 0.3) is 8.32 Å². The zero-order valence-electron chi connectivity index (χ0n) is 19.5. The maximum atomic E-state index is 12.1. The molecule has 3 rings (SSSR count). The molecule has 2 aromatic carbocycles. The molecule has 0 spiro atoms. The molecule has 2 atom stereocenters. The molecule has 1 aliphatic rings. The van der Waals surface area contributed by atoms with Crippen molar-refractivity contribution in [3.63, 3.8) is 0 Å². The number of carbonyl (C=O) groups excluding carboxylic acids is 1. The molecule has 0 aromatic heterocycles. The van der Waals surface area contributed by atoms with E-state index in [1.165, 1.54) is 16.4 Å². The Morgan fingerprint density at radius 3 is 2.06 bits per heavy atom. The summed E-state index contributed by atoms with van der Waals surface area (Å²) < 4.78 is 12.2. The van der Waals surface area contributed by atoms with Crippen LogP contribution in [0, 0.1) is 0 Å². The summed E-state index contributed by atoms with van der Waals surface area (Å²) in [7, 11) is -2.81. The Morgan fingerprint density at radius 2 is 1.59 bits per heavy atom. The van der Waals surface area contributed by atoms with Gasteiger partial charge in [0.15, 0.2) is 0 Å². The van der Waals surface area contributed by atoms with Crippen molar-refractivity contribution >= 4 is 24.7 Å². The molecule has 0 radical (unpaired) electrons. The highest BCUT2D eigenvalue weighted by atomic mass is 28.4. The van der Waals surface area contributed by atoms with E-state index in [9.17, 15) is 9.90 Å². The molecular formula is C27H34O4Si. The van der Waals surface area contributed by atoms with Crippen molar-refractivity contribution in [3.05, 3.63) is 84.5 Å². The van der Waals surface area contributed by atoms with Gasteiger partial charge in [-0.25, -0.2) is 4.79 Å². The van der Waals surface area contributed by atoms with Crippen LogP contribution in [0.5, 0.6) is 0 Å². The van der Waals surface area contributed by atoms with E-state index in [4.69, 9.17) is 9.16 Å². The van der Waals surface area contributed by atoms with Gasteiger partial charge in [0.1, 0.15) is 0 Å². The molecule has 1 N–H and O–H groups in total. The first-order chi connectivity index (χ1) is 15.2. The minimum atomic E-state index is -2.81. The van der Waals surface area contributed by atoms with Crippen LogP contribution >= 0.6 is 0 Å². The average molecular weight is 451 g/mol. The van der Waals surface area contributed by atoms with Crippen LogP contribution in [0.15, 0.2) is 84.5 Å². The zero-order valence-corrected chi connectivity index (χ0v) is 20.5. The molecule has 4 nitrogen and oxygen atoms in total. The van der Waals surface area contributed by atoms with Crippen LogP contribution in [-0.4, -0.2) is 38.2 Å². The number of hydrogen-bond acceptors (Lipinski definition) is 4. The fraction of sp³-hybridized carbons (Fsp3) is 0.370. The largest absolute Gasteiger partial charge is 0.463 e. The van der Waals surface area contributed by atoms with E-state index in [1.807, 2.05) is 36.4 Å². The number of carbonyl (C=O) groups is 1. The number of aliphatic hydroxyl groups excluding tert-OH is 1. The van der Waals surface area contributed by atoms with Crippen LogP contribution in [0.3, 0.4) is 0 Å². The second-order valence-electron chi connectivity index (χ2n) is 9.32. The van der Waals surface area contributed by atoms with Gasteiger partial charge in [-0.15, -0.1) is 0 Å². The first kappa shape index (κ1) is 24.2. The highest BCUT2D eigenvalue weighted by Crippen LogP contribution is 2.40. The maximum absolute atomic E-state index is 12.1. The summed E-state index contributed by atoms with van der Waals surface area (Å²) in [4.78, 5) is 12.1. The minimum absolute atomic E-state index is 0.191. The van der Waals surface area contributed by atoms with Gasteiger partial charge in [-0.2, -0.15) is 0 Å². The molecule has 0 amide bonds. The fourth-order valence-corrected chi connectivity index (χ4v) is 9.21. The van der Waals surface area contributed by atoms with Gasteiger partial charge in [0.05, 0.1) is 18.8 Å². The molecule has 32 heavy (non-hydrogen) atoms. The van der Waals surface area contributed by atoms with Crippen LogP contribution in [0.2, 0.25) is 5.04 Å². The monoisotopic (exact) mass is 450 g/mol. The standard InChI is InChI=1S/C27H34O4Si/c1-6-30-26(29)19-21-17-24(28)20(2)25(18-21)31-32(27(3,4)5,22-13-9-7-10-14-22)23-15-11-8-12-16-23/h7-16,19,24-25,28H,2,6,17-18H2,1,3-5H3/t24-,25-/m1/s1. The number of hydrogen-bond donors (Lipinski definition) is 1. The summed E-state index contributed by atoms with van der Waals surface area (Å²) in [5.41, 5.74) is 1.49. The van der Waals surface area contributed by atoms with E-state index >= 15 is 0 Å². The van der Waals surface area contributed by atoms with Crippen molar-refractivity contribution in [2.45, 2.75) is 57.8 Å². The Bertz CT molecular complexity index is 921. The summed E-state index contributed by atoms with van der Waals surface area (Å²) in [6.07, 6.45) is 1.23. The second kappa shape index (κ2) is 9.99. The van der Waals surface area contributed by atoms with Crippen LogP contribution < -0.4 is 10.4 Å². The highest BCUT2D eigenvalue weighted by Gasteiger charge is 2.52. The molecule has 1 fully saturated rings. The lowest BCUT2D eigenvalue weighted by Crippen LogP contribution is -2.68. The van der Waals surface area contributed by atoms with E-state index in [2.05, 4.69) is 51.6 Å². The molecule has 0 unspecified atom stereocenters. The number of rotatable bonds is 6. The lowest BCUT2D eigenvalue weighted by molar-refractivity contribution is -0.137. The zero-order chi connectivity index (χ0) is 23.4. The Morgan fingerprint density at radius 1 is 1.06 bits per heavy atom. The fourth-order valence-electron chi connectivity index (χ4n) is 4.54. The Balaban J connectivity index is 2.10. The normalized spacial score (nSPS) is 20.9. The molecule has 0 heterocycles. The number of esters is 1. The van der Waals surface area contributed by atoms with E-state index in [0.717, 1.165) is 5.57 Å². The Kier molecular flexibility index (Phi) is 7.54. The summed E-state index contributed by atoms with van der Waals surface area (Å²) in [5, 5.41) is 12.9. The van der Waals surface area contributed by atoms with Crippen molar-refractivity contribution < 1.29 is 19.1 Å². The predicted molar refractivity (Wildman–Crippen MR) is 132 cm³/mol. The number of benzene rings is 2. The lowest BCUT2D eigenvalue weighted by Gasteiger charge is -2.47. The third-order valence-corrected chi connectivity index (χ3v) is 11.1. The van der Waals surface area contributed by atoms with Gasteiger partial charge in [-0.05, 0) is 40.8 Å². The maximum Gasteiger partial charge on any atom is 0.330 e. The molecule has 1 aliphatic carbocycles. The average Bonchev–Trinajstić information content (AvgIpc) is 2.75. The molecular weight excluding hydrogens is 416 g/mol. The van der Waals surface area contributed by atoms with Crippen molar-refractivity contribution in [2.24, 2.45) is 0 Å². The summed E-state index contributed by atoms with van der Waals surface area (Å²) in [6, 6.07) is 20.8. The minimum Gasteiger partial charge on any atom is -0.463 e. The molecule has 1 saturated carbocycles. The van der Waals surface area contributed by atoms with Crippen molar-refractivity contribution in [1.82, 2.24) is 0 Å². The quantitative estimate of drug-likeness (QED) is 0.311. The van der Waals surface area contributed by atoms with Gasteiger partial charge in [0.2, 0.25) is 0 Å². The van der Waals surface area contributed by atoms with Crippen LogP contribution in [-0.2, 0) is 14.0 Å². The van der Waals surface area contributed by atoms with Crippen LogP contribution in [0.25, 0.3) is 0 Å². The first-order valence-electron chi connectivity index (χ1n) is 11.2. The molecule has 0 bridgehead atoms. The SMILES string of the molecule is C=C1[C@H](O)CC(=CC(=O)OCC)C[C@H]1O[Si](c1ccccc1)(c1ccccc1)C(C)(C)C. The van der Waals surface area contributed by atoms with Crippen molar-refractivity contribution in [3.8, 4) is 0 Å². The number of aliphatic hydroxyl groups is 1. The molecule has 5 heteroatoms. The smallest absolute Gasteiger partial charge is 0.330 e. The van der Waals surface area contributed by atoms with E-state index < -0.39 is 20.5 Å². The highest BCUT2D eigenvalue weighted by molar-refractivity contribution is 6.99. The Hall–Kier alpha value is -2.47. The van der Waals surface area contributed by atoms with Gasteiger partial charge in [-0.3, -0.25) is 0 Å². The van der Waals surface area contributed by atoms with Crippen molar-refractivity contribution in [1.29, 1.82) is 0 Å². The van der Waals surface area contributed by atoms with E-state index in [1.54, 1.807) is 6.92 Å². The topological polar surface area (TPSA) is 55.8 Å². The molecule has 170 valence electrons. The van der Waals surface area contributed by atoms with Crippen LogP contribution in [0.4, 0.5) is 0 Å². The second-order valence-corrected chi connectivity index (χ2v) is 13.6. The number of ether oxygens (including phenoxy) is 1. The van der Waals surface area contributed by atoms with Gasteiger partial charge in [-0.1, -0.05) is 93.6 Å². The van der Waals surface area contributed by atoms with Crippen molar-refractivity contribution in [2.75, 3.05) is 6.61 Å².